The molecule has 16 rings (SSSR count). The average molecular weight is 1980 g/mol. The lowest BCUT2D eigenvalue weighted by atomic mass is 9.79. The van der Waals surface area contributed by atoms with Crippen LogP contribution in [0.4, 0.5) is 40.7 Å². The van der Waals surface area contributed by atoms with Gasteiger partial charge in [-0.3, -0.25) is 33.6 Å². The number of hydrogen-bond donors (Lipinski definition) is 9. The highest BCUT2D eigenvalue weighted by molar-refractivity contribution is 5.84. The van der Waals surface area contributed by atoms with Crippen LogP contribution in [0.1, 0.15) is 323 Å². The Labute approximate surface area is 860 Å². The maximum absolute atomic E-state index is 12.4. The van der Waals surface area contributed by atoms with E-state index >= 15 is 0 Å². The summed E-state index contributed by atoms with van der Waals surface area (Å²) in [7, 11) is 3.37. The van der Waals surface area contributed by atoms with Crippen LogP contribution in [0.15, 0.2) is 105 Å². The molecule has 12 heterocycles. The molecule has 7 aromatic rings. The van der Waals surface area contributed by atoms with Gasteiger partial charge in [0, 0.05) is 210 Å². The van der Waals surface area contributed by atoms with Gasteiger partial charge in [-0.1, -0.05) is 187 Å². The molecule has 0 unspecified atom stereocenters. The molecule has 4 aliphatic carbocycles. The molecule has 5 aliphatic heterocycles. The number of aromatic nitrogens is 11. The van der Waals surface area contributed by atoms with Gasteiger partial charge in [-0.05, 0) is 159 Å². The zero-order chi connectivity index (χ0) is 106. The van der Waals surface area contributed by atoms with Crippen molar-refractivity contribution in [3.8, 4) is 0 Å². The standard InChI is InChI=1S/C18H28N4O.2C17H27N3O.C16H24N4O.C16H25N3O.2C14H22N4O/c1-18(2,3)15-11-16(20-12-19-15)21-14-9-13(10-14)17(23)22-7-5-4-6-8-22;1-16(2,3)12-7-8-18-14(9-12)19-13-10-20(11-13)15(21)17(4,5)6;1-12(2)8-16(21)20-10-14(11-20)19-15-9-13(6-7-18-15)17(3,4)5;1-16(2,3)13-9-14(18-10-17-13)19-12-7-11(8-12)15(21)20-5-4-6-20;1-5-6-15(20)19-10-13(11-19)18-14-9-12(7-8-17-14)16(2,3)4;2*1-14(2,3)11-7-12(17-8-16-11)18-10-5-9(6-10)13(19)15-4/h11-14H,4-10H2,1-3H3,(H,19,20,21);7-9,13H,10-11H2,1-6H3,(H,18,19);6-7,9,12,14H,8,10-11H2,1-5H3,(H,18,19);9-12H,4-8H2,1-3H3,(H,17,18,19);7-9,13H,5-6,10-11H2,1-4H3,(H,17,18);2*7-10H,5-6H2,1-4H3,(H,15,19)(H,16,17,18). The van der Waals surface area contributed by atoms with Crippen LogP contribution in [0.5, 0.6) is 0 Å². The minimum atomic E-state index is -0.296. The van der Waals surface area contributed by atoms with Crippen molar-refractivity contribution in [2.45, 2.75) is 363 Å². The molecule has 32 nitrogen and oxygen atoms in total. The summed E-state index contributed by atoms with van der Waals surface area (Å²) >= 11 is 0. The first-order valence-corrected chi connectivity index (χ1v) is 52.8. The SMILES string of the molecule is CC(C)(C)C(=O)N1CC(Nc2cc(C(C)(C)C)ccn2)C1.CC(C)(C)c1cc(NC2CC(C(=O)N3CCC3)C2)ncn1.CC(C)(C)c1cc(NC2CC(C(=O)N3CCCCC3)C2)ncn1.CC(C)CC(=O)N1CC(Nc2cc(C(C)(C)C)ccn2)C1.CCCC(=O)N1CC(Nc2cc(C(C)(C)C)ccn2)C1.CNC(=O)C1CC(Nc2cc(C(C)(C)C)ncn2)C1.CNC(=O)C1CC(Nc2cc(C(C)(C)C)ncn2)C1. The monoisotopic (exact) mass is 1980 g/mol. The van der Waals surface area contributed by atoms with Crippen LogP contribution in [0.2, 0.25) is 0 Å². The van der Waals surface area contributed by atoms with Gasteiger partial charge in [-0.25, -0.2) is 54.8 Å². The summed E-state index contributed by atoms with van der Waals surface area (Å²) in [5, 5.41) is 29.3. The third kappa shape index (κ3) is 34.7. The fourth-order valence-corrected chi connectivity index (χ4v) is 17.7. The quantitative estimate of drug-likeness (QED) is 0.0304. The molecule has 7 amide bonds. The van der Waals surface area contributed by atoms with E-state index in [2.05, 4.69) is 303 Å². The van der Waals surface area contributed by atoms with Crippen LogP contribution in [0, 0.1) is 35.0 Å². The Bertz CT molecular complexity index is 5240. The van der Waals surface area contributed by atoms with Crippen LogP contribution in [-0.2, 0) is 71.5 Å². The Morgan fingerprint density at radius 1 is 0.312 bits per heavy atom. The van der Waals surface area contributed by atoms with Crippen LogP contribution in [0.3, 0.4) is 0 Å². The van der Waals surface area contributed by atoms with Gasteiger partial charge in [0.15, 0.2) is 0 Å². The molecule has 7 aromatic heterocycles. The summed E-state index contributed by atoms with van der Waals surface area (Å²) in [5.41, 5.74) is 8.07. The summed E-state index contributed by atoms with van der Waals surface area (Å²) in [5.74, 6) is 9.01. The normalized spacial score (nSPS) is 20.5. The van der Waals surface area contributed by atoms with Gasteiger partial charge >= 0.3 is 0 Å². The Balaban J connectivity index is 0.000000173. The molecule has 4 saturated carbocycles. The summed E-state index contributed by atoms with van der Waals surface area (Å²) in [6, 6.07) is 22.9. The second kappa shape index (κ2) is 49.7. The van der Waals surface area contributed by atoms with Crippen LogP contribution < -0.4 is 47.9 Å². The van der Waals surface area contributed by atoms with Crippen LogP contribution in [0.25, 0.3) is 0 Å². The molecular weight excluding hydrogens is 1810 g/mol. The van der Waals surface area contributed by atoms with Crippen molar-refractivity contribution in [3.05, 3.63) is 144 Å². The first-order chi connectivity index (χ1) is 67.4. The molecule has 9 fully saturated rings. The molecule has 0 spiro atoms. The summed E-state index contributed by atoms with van der Waals surface area (Å²) < 4.78 is 0. The highest BCUT2D eigenvalue weighted by Gasteiger charge is 2.43. The lowest BCUT2D eigenvalue weighted by molar-refractivity contribution is -0.143. The van der Waals surface area contributed by atoms with E-state index in [4.69, 9.17) is 0 Å². The number of piperidine rings is 1. The second-order valence-corrected chi connectivity index (χ2v) is 49.5. The molecule has 0 aromatic carbocycles. The van der Waals surface area contributed by atoms with Gasteiger partial charge in [0.05, 0.1) is 40.9 Å². The number of carbonyl (C=O) groups is 7. The van der Waals surface area contributed by atoms with Crippen molar-refractivity contribution in [1.29, 1.82) is 0 Å². The number of carbonyl (C=O) groups excluding carboxylic acids is 7. The smallest absolute Gasteiger partial charge is 0.228 e. The van der Waals surface area contributed by atoms with Crippen molar-refractivity contribution in [1.82, 2.24) is 90.0 Å². The van der Waals surface area contributed by atoms with E-state index in [1.165, 1.54) is 23.1 Å². The first-order valence-electron chi connectivity index (χ1n) is 52.8. The zero-order valence-corrected chi connectivity index (χ0v) is 92.4. The van der Waals surface area contributed by atoms with Crippen molar-refractivity contribution < 1.29 is 33.6 Å². The highest BCUT2D eigenvalue weighted by Crippen LogP contribution is 2.39. The fourth-order valence-electron chi connectivity index (χ4n) is 17.7. The lowest BCUT2D eigenvalue weighted by Crippen LogP contribution is -2.59. The minimum Gasteiger partial charge on any atom is -0.367 e. The predicted molar refractivity (Wildman–Crippen MR) is 578 cm³/mol. The Kier molecular flexibility index (Phi) is 39.6. The first kappa shape index (κ1) is 115. The number of hydrogen-bond acceptors (Lipinski definition) is 25. The van der Waals surface area contributed by atoms with Crippen LogP contribution in [-0.4, -0.2) is 243 Å². The maximum atomic E-state index is 12.4. The second-order valence-electron chi connectivity index (χ2n) is 49.5. The van der Waals surface area contributed by atoms with Crippen molar-refractivity contribution in [3.63, 3.8) is 0 Å². The summed E-state index contributed by atoms with van der Waals surface area (Å²) in [6.45, 7) is 66.0. The summed E-state index contributed by atoms with van der Waals surface area (Å²) in [4.78, 5) is 140. The van der Waals surface area contributed by atoms with E-state index in [1.54, 1.807) is 39.4 Å². The van der Waals surface area contributed by atoms with Crippen molar-refractivity contribution in [2.24, 2.45) is 35.0 Å². The van der Waals surface area contributed by atoms with Gasteiger partial charge < -0.3 is 72.4 Å². The number of amides is 7. The molecule has 0 bridgehead atoms. The molecular formula is C112H175N25O7. The van der Waals surface area contributed by atoms with Gasteiger partial charge in [-0.15, -0.1) is 0 Å². The molecule has 5 saturated heterocycles. The zero-order valence-electron chi connectivity index (χ0n) is 92.4. The number of nitrogens with zero attached hydrogens (tertiary/aromatic N) is 16. The van der Waals surface area contributed by atoms with Gasteiger partial charge in [0.1, 0.15) is 66.0 Å². The van der Waals surface area contributed by atoms with E-state index < -0.39 is 0 Å². The molecule has 144 heavy (non-hydrogen) atoms. The van der Waals surface area contributed by atoms with Crippen molar-refractivity contribution >= 4 is 82.1 Å². The average Bonchev–Trinajstić information content (AvgIpc) is 0.793. The Hall–Kier alpha value is -11.3. The van der Waals surface area contributed by atoms with E-state index in [9.17, 15) is 33.6 Å². The third-order valence-corrected chi connectivity index (χ3v) is 27.7. The Morgan fingerprint density at radius 2 is 0.576 bits per heavy atom. The predicted octanol–water partition coefficient (Wildman–Crippen LogP) is 17.5. The number of rotatable bonds is 22. The van der Waals surface area contributed by atoms with Crippen LogP contribution >= 0.6 is 0 Å². The van der Waals surface area contributed by atoms with E-state index in [0.717, 1.165) is 206 Å². The fraction of sp³-hybridized carbons (Fsp3) is 0.661. The van der Waals surface area contributed by atoms with Gasteiger partial charge in [-0.2, -0.15) is 0 Å². The minimum absolute atomic E-state index is 0.0175. The number of nitrogens with one attached hydrogen (secondary N) is 9. The van der Waals surface area contributed by atoms with Crippen molar-refractivity contribution in [2.75, 3.05) is 117 Å². The molecule has 9 aliphatic rings. The maximum Gasteiger partial charge on any atom is 0.228 e. The van der Waals surface area contributed by atoms with E-state index in [1.807, 2.05) is 90.2 Å². The van der Waals surface area contributed by atoms with E-state index in [0.29, 0.717) is 72.9 Å². The highest BCUT2D eigenvalue weighted by atomic mass is 16.2. The van der Waals surface area contributed by atoms with E-state index in [-0.39, 0.29) is 96.5 Å². The third-order valence-electron chi connectivity index (χ3n) is 27.7. The molecule has 0 atom stereocenters. The molecule has 790 valence electrons. The number of likely N-dealkylation sites (tertiary alicyclic amines) is 5. The summed E-state index contributed by atoms with van der Waals surface area (Å²) in [6.07, 6.45) is 26.1. The lowest BCUT2D eigenvalue weighted by Gasteiger charge is -2.42. The molecule has 0 radical (unpaired) electrons. The molecule has 9 N–H and O–H groups in total. The largest absolute Gasteiger partial charge is 0.367 e. The number of pyridine rings is 3. The number of anilines is 7. The topological polar surface area (TPSA) is 386 Å². The Morgan fingerprint density at radius 3 is 0.826 bits per heavy atom. The molecule has 32 heteroatoms. The van der Waals surface area contributed by atoms with Gasteiger partial charge in [0.2, 0.25) is 41.4 Å². The van der Waals surface area contributed by atoms with Gasteiger partial charge in [0.25, 0.3) is 0 Å².